The first-order valence-electron chi connectivity index (χ1n) is 7.55. The minimum atomic E-state index is -0.320. The smallest absolute Gasteiger partial charge is 0.323 e. The number of carbonyl (C=O) groups excluding carboxylic acids is 1. The van der Waals surface area contributed by atoms with Crippen molar-refractivity contribution in [2.75, 3.05) is 19.4 Å². The number of hydrogen-bond donors (Lipinski definition) is 2. The van der Waals surface area contributed by atoms with Crippen LogP contribution < -0.4 is 15.8 Å². The van der Waals surface area contributed by atoms with Crippen molar-refractivity contribution in [2.24, 2.45) is 0 Å². The molecule has 0 saturated heterocycles. The summed E-state index contributed by atoms with van der Waals surface area (Å²) in [6.07, 6.45) is 4.97. The molecule has 0 bridgehead atoms. The van der Waals surface area contributed by atoms with Gasteiger partial charge in [-0.05, 0) is 57.0 Å². The molecule has 0 aliphatic heterocycles. The minimum absolute atomic E-state index is 0.103. The number of ether oxygens (including phenoxy) is 2. The molecule has 0 unspecified atom stereocenters. The monoisotopic (exact) mass is 292 g/mol. The van der Waals surface area contributed by atoms with Crippen molar-refractivity contribution in [2.45, 2.75) is 44.2 Å². The summed E-state index contributed by atoms with van der Waals surface area (Å²) in [6.45, 7) is 0.454. The van der Waals surface area contributed by atoms with Crippen molar-refractivity contribution in [3.8, 4) is 5.75 Å². The van der Waals surface area contributed by atoms with Crippen LogP contribution in [-0.2, 0) is 9.53 Å². The van der Waals surface area contributed by atoms with E-state index in [4.69, 9.17) is 15.2 Å². The average molecular weight is 292 g/mol. The van der Waals surface area contributed by atoms with Gasteiger partial charge in [0.25, 0.3) is 0 Å². The summed E-state index contributed by atoms with van der Waals surface area (Å²) >= 11 is 0. The summed E-state index contributed by atoms with van der Waals surface area (Å²) in [5, 5.41) is 3.00. The van der Waals surface area contributed by atoms with Gasteiger partial charge in [0.05, 0.1) is 6.61 Å². The second-order valence-electron chi connectivity index (χ2n) is 5.39. The SMILES string of the molecule is CN[C@@H](CCOc1ccc(N)cc1)C(=O)OC1CCCC1. The lowest BCUT2D eigenvalue weighted by molar-refractivity contribution is -0.151. The fourth-order valence-corrected chi connectivity index (χ4v) is 2.49. The molecule has 116 valence electrons. The Bertz CT molecular complexity index is 441. The number of hydrogen-bond acceptors (Lipinski definition) is 5. The van der Waals surface area contributed by atoms with Crippen molar-refractivity contribution < 1.29 is 14.3 Å². The number of nitrogens with one attached hydrogen (secondary N) is 1. The van der Waals surface area contributed by atoms with Gasteiger partial charge in [0.2, 0.25) is 0 Å². The summed E-state index contributed by atoms with van der Waals surface area (Å²) in [6, 6.07) is 6.90. The summed E-state index contributed by atoms with van der Waals surface area (Å²) in [7, 11) is 1.77. The molecule has 5 heteroatoms. The first-order chi connectivity index (χ1) is 10.2. The highest BCUT2D eigenvalue weighted by Gasteiger charge is 2.24. The van der Waals surface area contributed by atoms with Crippen LogP contribution in [-0.4, -0.2) is 31.8 Å². The van der Waals surface area contributed by atoms with Crippen molar-refractivity contribution in [3.05, 3.63) is 24.3 Å². The third kappa shape index (κ3) is 4.93. The molecule has 0 heterocycles. The van der Waals surface area contributed by atoms with Crippen molar-refractivity contribution >= 4 is 11.7 Å². The van der Waals surface area contributed by atoms with Gasteiger partial charge in [0, 0.05) is 12.1 Å². The number of benzene rings is 1. The third-order valence-corrected chi connectivity index (χ3v) is 3.77. The van der Waals surface area contributed by atoms with Crippen molar-refractivity contribution in [1.29, 1.82) is 0 Å². The second kappa shape index (κ2) is 7.88. The molecule has 0 radical (unpaired) electrons. The normalized spacial score (nSPS) is 16.6. The maximum atomic E-state index is 12.1. The zero-order chi connectivity index (χ0) is 15.1. The van der Waals surface area contributed by atoms with Gasteiger partial charge < -0.3 is 20.5 Å². The van der Waals surface area contributed by atoms with Gasteiger partial charge in [-0.15, -0.1) is 0 Å². The lowest BCUT2D eigenvalue weighted by Crippen LogP contribution is -2.38. The molecule has 2 rings (SSSR count). The number of rotatable bonds is 7. The molecule has 1 aliphatic carbocycles. The maximum Gasteiger partial charge on any atom is 0.323 e. The Labute approximate surface area is 125 Å². The highest BCUT2D eigenvalue weighted by atomic mass is 16.5. The maximum absolute atomic E-state index is 12.1. The lowest BCUT2D eigenvalue weighted by Gasteiger charge is -2.18. The standard InChI is InChI=1S/C16H24N2O3/c1-18-15(16(19)21-14-4-2-3-5-14)10-11-20-13-8-6-12(17)7-9-13/h6-9,14-15,18H,2-5,10-11,17H2,1H3/t15-/m0/s1. The van der Waals surface area contributed by atoms with Gasteiger partial charge in [-0.2, -0.15) is 0 Å². The summed E-state index contributed by atoms with van der Waals surface area (Å²) in [5.41, 5.74) is 6.32. The summed E-state index contributed by atoms with van der Waals surface area (Å²) < 4.78 is 11.1. The number of nitrogen functional groups attached to an aromatic ring is 1. The van der Waals surface area contributed by atoms with Crippen molar-refractivity contribution in [3.63, 3.8) is 0 Å². The molecule has 1 aliphatic rings. The zero-order valence-corrected chi connectivity index (χ0v) is 12.5. The molecule has 0 amide bonds. The highest BCUT2D eigenvalue weighted by molar-refractivity contribution is 5.75. The van der Waals surface area contributed by atoms with Crippen molar-refractivity contribution in [1.82, 2.24) is 5.32 Å². The molecule has 5 nitrogen and oxygen atoms in total. The van der Waals surface area contributed by atoms with Crippen LogP contribution in [0.25, 0.3) is 0 Å². The van der Waals surface area contributed by atoms with Gasteiger partial charge in [0.15, 0.2) is 0 Å². The summed E-state index contributed by atoms with van der Waals surface area (Å²) in [5.74, 6) is 0.577. The van der Waals surface area contributed by atoms with E-state index in [0.717, 1.165) is 31.4 Å². The predicted octanol–water partition coefficient (Wildman–Crippen LogP) is 2.11. The van der Waals surface area contributed by atoms with E-state index in [0.29, 0.717) is 18.7 Å². The molecule has 1 aromatic rings. The van der Waals surface area contributed by atoms with Crippen LogP contribution in [0.3, 0.4) is 0 Å². The van der Waals surface area contributed by atoms with Gasteiger partial charge in [-0.1, -0.05) is 0 Å². The molecule has 0 aromatic heterocycles. The van der Waals surface area contributed by atoms with Crippen LogP contribution in [0.2, 0.25) is 0 Å². The number of anilines is 1. The Morgan fingerprint density at radius 1 is 1.33 bits per heavy atom. The zero-order valence-electron chi connectivity index (χ0n) is 12.5. The molecule has 21 heavy (non-hydrogen) atoms. The number of carbonyl (C=O) groups is 1. The molecule has 1 aromatic carbocycles. The van der Waals surface area contributed by atoms with Crippen LogP contribution in [0.1, 0.15) is 32.1 Å². The van der Waals surface area contributed by atoms with E-state index >= 15 is 0 Å². The van der Waals surface area contributed by atoms with Crippen LogP contribution >= 0.6 is 0 Å². The Hall–Kier alpha value is -1.75. The molecule has 3 N–H and O–H groups in total. The first-order valence-corrected chi connectivity index (χ1v) is 7.55. The number of nitrogens with two attached hydrogens (primary N) is 1. The second-order valence-corrected chi connectivity index (χ2v) is 5.39. The number of likely N-dealkylation sites (N-methyl/N-ethyl adjacent to an activating group) is 1. The molecule has 1 saturated carbocycles. The van der Waals surface area contributed by atoms with E-state index in [2.05, 4.69) is 5.32 Å². The molecular weight excluding hydrogens is 268 g/mol. The fraction of sp³-hybridized carbons (Fsp3) is 0.562. The topological polar surface area (TPSA) is 73.6 Å². The van der Waals surface area contributed by atoms with Gasteiger partial charge in [0.1, 0.15) is 17.9 Å². The van der Waals surface area contributed by atoms with Crippen LogP contribution in [0, 0.1) is 0 Å². The minimum Gasteiger partial charge on any atom is -0.494 e. The van der Waals surface area contributed by atoms with E-state index in [9.17, 15) is 4.79 Å². The fourth-order valence-electron chi connectivity index (χ4n) is 2.49. The quantitative estimate of drug-likeness (QED) is 0.595. The van der Waals surface area contributed by atoms with Gasteiger partial charge in [-0.3, -0.25) is 4.79 Å². The van der Waals surface area contributed by atoms with Gasteiger partial charge in [-0.25, -0.2) is 0 Å². The van der Waals surface area contributed by atoms with E-state index in [1.165, 1.54) is 0 Å². The van der Waals surface area contributed by atoms with Crippen LogP contribution in [0.15, 0.2) is 24.3 Å². The predicted molar refractivity (Wildman–Crippen MR) is 82.2 cm³/mol. The Balaban J connectivity index is 1.73. The largest absolute Gasteiger partial charge is 0.494 e. The Morgan fingerprint density at radius 2 is 2.00 bits per heavy atom. The third-order valence-electron chi connectivity index (χ3n) is 3.77. The van der Waals surface area contributed by atoms with Crippen LogP contribution in [0.4, 0.5) is 5.69 Å². The van der Waals surface area contributed by atoms with Crippen LogP contribution in [0.5, 0.6) is 5.75 Å². The highest BCUT2D eigenvalue weighted by Crippen LogP contribution is 2.21. The summed E-state index contributed by atoms with van der Waals surface area (Å²) in [4.78, 5) is 12.1. The van der Waals surface area contributed by atoms with E-state index in [1.807, 2.05) is 12.1 Å². The Morgan fingerprint density at radius 3 is 2.62 bits per heavy atom. The van der Waals surface area contributed by atoms with E-state index in [-0.39, 0.29) is 18.1 Å². The lowest BCUT2D eigenvalue weighted by atomic mass is 10.2. The number of esters is 1. The molecule has 1 fully saturated rings. The Kier molecular flexibility index (Phi) is 5.87. The van der Waals surface area contributed by atoms with E-state index in [1.54, 1.807) is 19.2 Å². The first kappa shape index (κ1) is 15.6. The molecular formula is C16H24N2O3. The van der Waals surface area contributed by atoms with Gasteiger partial charge >= 0.3 is 5.97 Å². The molecule has 1 atom stereocenters. The average Bonchev–Trinajstić information content (AvgIpc) is 2.98. The van der Waals surface area contributed by atoms with E-state index < -0.39 is 0 Å². The molecule has 0 spiro atoms.